The molecule has 0 aliphatic heterocycles. The Bertz CT molecular complexity index is 157. The highest BCUT2D eigenvalue weighted by molar-refractivity contribution is 5.75. The van der Waals surface area contributed by atoms with E-state index in [2.05, 4.69) is 13.8 Å². The first-order valence-electron chi connectivity index (χ1n) is 6.46. The van der Waals surface area contributed by atoms with Crippen LogP contribution in [-0.2, 0) is 4.79 Å². The van der Waals surface area contributed by atoms with Gasteiger partial charge in [0.2, 0.25) is 5.91 Å². The van der Waals surface area contributed by atoms with Crippen molar-refractivity contribution >= 4 is 5.91 Å². The van der Waals surface area contributed by atoms with Crippen molar-refractivity contribution in [2.75, 3.05) is 13.6 Å². The van der Waals surface area contributed by atoms with Crippen LogP contribution in [0.15, 0.2) is 0 Å². The van der Waals surface area contributed by atoms with Crippen LogP contribution >= 0.6 is 0 Å². The summed E-state index contributed by atoms with van der Waals surface area (Å²) < 4.78 is 0. The summed E-state index contributed by atoms with van der Waals surface area (Å²) in [5.74, 6) is 0.312. The minimum Gasteiger partial charge on any atom is -0.346 e. The normalized spacial score (nSPS) is 10.3. The third-order valence-corrected chi connectivity index (χ3v) is 2.73. The lowest BCUT2D eigenvalue weighted by molar-refractivity contribution is -0.130. The lowest BCUT2D eigenvalue weighted by atomic mass is 10.1. The molecule has 0 aromatic carbocycles. The number of carbonyl (C=O) groups excluding carboxylic acids is 1. The molecule has 1 amide bonds. The van der Waals surface area contributed by atoms with Crippen molar-refractivity contribution in [3.8, 4) is 0 Å². The van der Waals surface area contributed by atoms with E-state index in [0.29, 0.717) is 5.91 Å². The van der Waals surface area contributed by atoms with Gasteiger partial charge in [-0.2, -0.15) is 0 Å². The Labute approximate surface area is 95.0 Å². The lowest BCUT2D eigenvalue weighted by Gasteiger charge is -2.15. The summed E-state index contributed by atoms with van der Waals surface area (Å²) in [5.41, 5.74) is 0. The molecule has 0 fully saturated rings. The first kappa shape index (κ1) is 14.5. The van der Waals surface area contributed by atoms with Crippen molar-refractivity contribution in [3.05, 3.63) is 0 Å². The van der Waals surface area contributed by atoms with Crippen LogP contribution in [0.5, 0.6) is 0 Å². The molecule has 2 heteroatoms. The average Bonchev–Trinajstić information content (AvgIpc) is 2.23. The van der Waals surface area contributed by atoms with E-state index < -0.39 is 0 Å². The van der Waals surface area contributed by atoms with Crippen LogP contribution in [0.4, 0.5) is 0 Å². The van der Waals surface area contributed by atoms with Crippen molar-refractivity contribution < 1.29 is 4.79 Å². The van der Waals surface area contributed by atoms with Crippen LogP contribution in [0.25, 0.3) is 0 Å². The standard InChI is InChI=1S/C13H27NO/c1-4-6-7-8-9-10-11-13(15)14(3)12-5-2/h4-12H2,1-3H3. The molecular weight excluding hydrogens is 186 g/mol. The Morgan fingerprint density at radius 2 is 1.53 bits per heavy atom. The zero-order valence-corrected chi connectivity index (χ0v) is 10.7. The van der Waals surface area contributed by atoms with Gasteiger partial charge in [-0.1, -0.05) is 46.0 Å². The summed E-state index contributed by atoms with van der Waals surface area (Å²) in [6.07, 6.45) is 9.32. The van der Waals surface area contributed by atoms with E-state index in [1.165, 1.54) is 32.1 Å². The minimum absolute atomic E-state index is 0.312. The third-order valence-electron chi connectivity index (χ3n) is 2.73. The van der Waals surface area contributed by atoms with Gasteiger partial charge in [-0.15, -0.1) is 0 Å². The SMILES string of the molecule is CCCCCCCCC(=O)N(C)CCC. The Hall–Kier alpha value is -0.530. The van der Waals surface area contributed by atoms with Gasteiger partial charge >= 0.3 is 0 Å². The zero-order chi connectivity index (χ0) is 11.5. The molecular formula is C13H27NO. The van der Waals surface area contributed by atoms with Crippen molar-refractivity contribution in [2.45, 2.75) is 65.2 Å². The summed E-state index contributed by atoms with van der Waals surface area (Å²) in [5, 5.41) is 0. The molecule has 0 radical (unpaired) electrons. The number of hydrogen-bond donors (Lipinski definition) is 0. The second-order valence-corrected chi connectivity index (χ2v) is 4.33. The molecule has 15 heavy (non-hydrogen) atoms. The van der Waals surface area contributed by atoms with Gasteiger partial charge in [0.05, 0.1) is 0 Å². The molecule has 0 aliphatic rings. The fraction of sp³-hybridized carbons (Fsp3) is 0.923. The highest BCUT2D eigenvalue weighted by atomic mass is 16.2. The summed E-state index contributed by atoms with van der Waals surface area (Å²) in [6.45, 7) is 5.23. The fourth-order valence-electron chi connectivity index (χ4n) is 1.71. The van der Waals surface area contributed by atoms with Gasteiger partial charge in [0.1, 0.15) is 0 Å². The van der Waals surface area contributed by atoms with Gasteiger partial charge in [0.15, 0.2) is 0 Å². The van der Waals surface area contributed by atoms with Gasteiger partial charge in [0.25, 0.3) is 0 Å². The van der Waals surface area contributed by atoms with E-state index in [1.807, 2.05) is 11.9 Å². The number of unbranched alkanes of at least 4 members (excludes halogenated alkanes) is 5. The molecule has 0 atom stereocenters. The Morgan fingerprint density at radius 1 is 0.933 bits per heavy atom. The highest BCUT2D eigenvalue weighted by Gasteiger charge is 2.06. The number of carbonyl (C=O) groups is 1. The smallest absolute Gasteiger partial charge is 0.222 e. The van der Waals surface area contributed by atoms with E-state index in [9.17, 15) is 4.79 Å². The van der Waals surface area contributed by atoms with E-state index in [0.717, 1.165) is 25.8 Å². The second kappa shape index (κ2) is 10.0. The molecule has 0 N–H and O–H groups in total. The maximum Gasteiger partial charge on any atom is 0.222 e. The Morgan fingerprint density at radius 3 is 2.13 bits per heavy atom. The summed E-state index contributed by atoms with van der Waals surface area (Å²) in [6, 6.07) is 0. The zero-order valence-electron chi connectivity index (χ0n) is 10.7. The van der Waals surface area contributed by atoms with E-state index in [-0.39, 0.29) is 0 Å². The van der Waals surface area contributed by atoms with Crippen molar-refractivity contribution in [1.82, 2.24) is 4.90 Å². The maximum absolute atomic E-state index is 11.5. The molecule has 0 unspecified atom stereocenters. The van der Waals surface area contributed by atoms with Gasteiger partial charge in [-0.05, 0) is 12.8 Å². The first-order valence-corrected chi connectivity index (χ1v) is 6.46. The quantitative estimate of drug-likeness (QED) is 0.536. The van der Waals surface area contributed by atoms with Gasteiger partial charge in [-0.25, -0.2) is 0 Å². The molecule has 0 heterocycles. The predicted molar refractivity (Wildman–Crippen MR) is 65.9 cm³/mol. The molecule has 0 spiro atoms. The Balaban J connectivity index is 3.30. The van der Waals surface area contributed by atoms with Gasteiger partial charge < -0.3 is 4.90 Å². The van der Waals surface area contributed by atoms with Crippen LogP contribution in [0, 0.1) is 0 Å². The topological polar surface area (TPSA) is 20.3 Å². The van der Waals surface area contributed by atoms with Crippen molar-refractivity contribution in [1.29, 1.82) is 0 Å². The van der Waals surface area contributed by atoms with Gasteiger partial charge in [-0.3, -0.25) is 4.79 Å². The predicted octanol–water partition coefficient (Wildman–Crippen LogP) is 3.61. The molecule has 0 bridgehead atoms. The molecule has 0 aromatic heterocycles. The molecule has 2 nitrogen and oxygen atoms in total. The van der Waals surface area contributed by atoms with Crippen LogP contribution in [0.1, 0.15) is 65.2 Å². The number of hydrogen-bond acceptors (Lipinski definition) is 1. The largest absolute Gasteiger partial charge is 0.346 e. The van der Waals surface area contributed by atoms with Crippen molar-refractivity contribution in [2.24, 2.45) is 0 Å². The monoisotopic (exact) mass is 213 g/mol. The maximum atomic E-state index is 11.5. The molecule has 0 saturated heterocycles. The van der Waals surface area contributed by atoms with E-state index >= 15 is 0 Å². The molecule has 0 saturated carbocycles. The summed E-state index contributed by atoms with van der Waals surface area (Å²) in [4.78, 5) is 13.4. The van der Waals surface area contributed by atoms with E-state index in [1.54, 1.807) is 0 Å². The average molecular weight is 213 g/mol. The summed E-state index contributed by atoms with van der Waals surface area (Å²) >= 11 is 0. The van der Waals surface area contributed by atoms with Gasteiger partial charge in [0, 0.05) is 20.0 Å². The highest BCUT2D eigenvalue weighted by Crippen LogP contribution is 2.07. The Kier molecular flexibility index (Phi) is 9.65. The number of nitrogens with zero attached hydrogens (tertiary/aromatic N) is 1. The third kappa shape index (κ3) is 8.46. The molecule has 90 valence electrons. The van der Waals surface area contributed by atoms with E-state index in [4.69, 9.17) is 0 Å². The van der Waals surface area contributed by atoms with Crippen LogP contribution in [0.2, 0.25) is 0 Å². The summed E-state index contributed by atoms with van der Waals surface area (Å²) in [7, 11) is 1.91. The number of amides is 1. The van der Waals surface area contributed by atoms with Crippen LogP contribution in [0.3, 0.4) is 0 Å². The number of rotatable bonds is 9. The van der Waals surface area contributed by atoms with Crippen molar-refractivity contribution in [3.63, 3.8) is 0 Å². The lowest BCUT2D eigenvalue weighted by Crippen LogP contribution is -2.26. The second-order valence-electron chi connectivity index (χ2n) is 4.33. The minimum atomic E-state index is 0.312. The van der Waals surface area contributed by atoms with Crippen LogP contribution in [-0.4, -0.2) is 24.4 Å². The van der Waals surface area contributed by atoms with Crippen LogP contribution < -0.4 is 0 Å². The first-order chi connectivity index (χ1) is 7.22. The molecule has 0 aliphatic carbocycles. The molecule has 0 rings (SSSR count). The fourth-order valence-corrected chi connectivity index (χ4v) is 1.71. The molecule has 0 aromatic rings.